The van der Waals surface area contributed by atoms with Crippen LogP contribution in [0.2, 0.25) is 0 Å². The number of pyridine rings is 1. The van der Waals surface area contributed by atoms with Crippen molar-refractivity contribution in [1.29, 1.82) is 0 Å². The third-order valence-corrected chi connectivity index (χ3v) is 4.90. The van der Waals surface area contributed by atoms with Gasteiger partial charge >= 0.3 is 0 Å². The van der Waals surface area contributed by atoms with Gasteiger partial charge in [-0.15, -0.1) is 11.8 Å². The van der Waals surface area contributed by atoms with Crippen LogP contribution in [-0.4, -0.2) is 49.8 Å². The zero-order chi connectivity index (χ0) is 17.3. The smallest absolute Gasteiger partial charge is 0.173 e. The molecular weight excluding hydrogens is 340 g/mol. The second-order valence-electron chi connectivity index (χ2n) is 5.40. The summed E-state index contributed by atoms with van der Waals surface area (Å²) in [5.41, 5.74) is -0.235. The van der Waals surface area contributed by atoms with E-state index in [4.69, 9.17) is 4.74 Å². The van der Waals surface area contributed by atoms with Crippen molar-refractivity contribution in [3.63, 3.8) is 0 Å². The summed E-state index contributed by atoms with van der Waals surface area (Å²) in [6.07, 6.45) is -0.809. The fourth-order valence-corrected chi connectivity index (χ4v) is 3.49. The molecule has 0 radical (unpaired) electrons. The van der Waals surface area contributed by atoms with Crippen LogP contribution in [0.15, 0.2) is 36.7 Å². The van der Waals surface area contributed by atoms with Gasteiger partial charge in [0, 0.05) is 29.1 Å². The Morgan fingerprint density at radius 3 is 2.62 bits per heavy atom. The van der Waals surface area contributed by atoms with Gasteiger partial charge in [0.2, 0.25) is 0 Å². The van der Waals surface area contributed by atoms with E-state index in [2.05, 4.69) is 4.98 Å². The lowest BCUT2D eigenvalue weighted by molar-refractivity contribution is -0.0786. The molecular formula is C16H15F2NO4S. The number of halogens is 2. The Hall–Kier alpha value is -1.74. The first-order valence-corrected chi connectivity index (χ1v) is 8.23. The molecule has 3 N–H and O–H groups in total. The van der Waals surface area contributed by atoms with Crippen LogP contribution in [0.1, 0.15) is 0 Å². The summed E-state index contributed by atoms with van der Waals surface area (Å²) in [4.78, 5) is 3.96. The maximum Gasteiger partial charge on any atom is 0.173 e. The molecule has 0 amide bonds. The van der Waals surface area contributed by atoms with Gasteiger partial charge in [-0.05, 0) is 18.2 Å². The Balaban J connectivity index is 1.81. The summed E-state index contributed by atoms with van der Waals surface area (Å²) in [6, 6.07) is 4.73. The highest BCUT2D eigenvalue weighted by molar-refractivity contribution is 7.99. The number of nitrogens with zero attached hydrogens (tertiary/aromatic N) is 1. The van der Waals surface area contributed by atoms with Gasteiger partial charge in [0.05, 0.1) is 12.3 Å². The molecule has 1 fully saturated rings. The molecule has 5 nitrogen and oxygen atoms in total. The molecule has 128 valence electrons. The monoisotopic (exact) mass is 355 g/mol. The summed E-state index contributed by atoms with van der Waals surface area (Å²) >= 11 is 1.15. The molecule has 2 aromatic rings. The molecule has 0 spiro atoms. The highest BCUT2D eigenvalue weighted by Crippen LogP contribution is 2.31. The van der Waals surface area contributed by atoms with Gasteiger partial charge in [0.1, 0.15) is 29.6 Å². The number of hydrogen-bond acceptors (Lipinski definition) is 6. The molecule has 1 saturated heterocycles. The molecule has 0 aliphatic carbocycles. The minimum atomic E-state index is -1.30. The predicted molar refractivity (Wildman–Crippen MR) is 84.5 cm³/mol. The van der Waals surface area contributed by atoms with Crippen molar-refractivity contribution < 1.29 is 28.8 Å². The Morgan fingerprint density at radius 1 is 1.08 bits per heavy atom. The molecule has 1 aliphatic rings. The molecule has 3 rings (SSSR count). The molecule has 1 aromatic carbocycles. The first-order valence-electron chi connectivity index (χ1n) is 7.18. The Bertz CT molecular complexity index is 733. The van der Waals surface area contributed by atoms with E-state index >= 15 is 0 Å². The summed E-state index contributed by atoms with van der Waals surface area (Å²) in [7, 11) is 0. The van der Waals surface area contributed by atoms with E-state index in [9.17, 15) is 24.1 Å². The minimum absolute atomic E-state index is 0.168. The summed E-state index contributed by atoms with van der Waals surface area (Å²) in [5, 5.41) is 29.2. The van der Waals surface area contributed by atoms with E-state index in [1.165, 1.54) is 24.5 Å². The largest absolute Gasteiger partial charge is 0.475 e. The molecule has 8 heteroatoms. The third-order valence-electron chi connectivity index (χ3n) is 3.66. The minimum Gasteiger partial charge on any atom is -0.475 e. The third kappa shape index (κ3) is 3.51. The first kappa shape index (κ1) is 17.1. The highest BCUT2D eigenvalue weighted by atomic mass is 32.2. The molecule has 1 aromatic heterocycles. The second-order valence-corrected chi connectivity index (χ2v) is 6.53. The van der Waals surface area contributed by atoms with Crippen molar-refractivity contribution >= 4 is 11.8 Å². The molecule has 4 atom stereocenters. The van der Waals surface area contributed by atoms with E-state index < -0.39 is 35.4 Å². The zero-order valence-corrected chi connectivity index (χ0v) is 13.2. The topological polar surface area (TPSA) is 82.8 Å². The van der Waals surface area contributed by atoms with Crippen LogP contribution in [0, 0.1) is 11.6 Å². The summed E-state index contributed by atoms with van der Waals surface area (Å²) in [5.74, 6) is -0.926. The standard InChI is InChI=1S/C16H15F2NO4S/c17-9-1-2-11(12(18)4-9)8-3-10(6-19-5-8)23-16-15(22)14(21)13(20)7-24-16/h1-6,13-16,20-22H,7H2/t13-,14+,15-,16+/m1/s1. The number of ether oxygens (including phenoxy) is 1. The number of thioether (sulfide) groups is 1. The Labute approximate surface area is 140 Å². The number of aliphatic hydroxyl groups excluding tert-OH is 3. The number of hydrogen-bond donors (Lipinski definition) is 3. The molecule has 1 aliphatic heterocycles. The lowest BCUT2D eigenvalue weighted by atomic mass is 10.1. The van der Waals surface area contributed by atoms with Gasteiger partial charge in [-0.1, -0.05) is 0 Å². The maximum atomic E-state index is 13.9. The Kier molecular flexibility index (Phi) is 5.00. The van der Waals surface area contributed by atoms with Gasteiger partial charge < -0.3 is 20.1 Å². The van der Waals surface area contributed by atoms with Gasteiger partial charge in [-0.3, -0.25) is 4.98 Å². The van der Waals surface area contributed by atoms with Crippen LogP contribution in [-0.2, 0) is 0 Å². The van der Waals surface area contributed by atoms with Crippen molar-refractivity contribution in [2.24, 2.45) is 0 Å². The van der Waals surface area contributed by atoms with Crippen molar-refractivity contribution in [1.82, 2.24) is 4.98 Å². The highest BCUT2D eigenvalue weighted by Gasteiger charge is 2.38. The molecule has 0 unspecified atom stereocenters. The van der Waals surface area contributed by atoms with Gasteiger partial charge in [0.15, 0.2) is 5.44 Å². The molecule has 2 heterocycles. The molecule has 0 bridgehead atoms. The van der Waals surface area contributed by atoms with Crippen LogP contribution in [0.4, 0.5) is 8.78 Å². The normalized spacial score (nSPS) is 27.0. The van der Waals surface area contributed by atoms with Crippen molar-refractivity contribution in [2.75, 3.05) is 5.75 Å². The quantitative estimate of drug-likeness (QED) is 0.775. The van der Waals surface area contributed by atoms with Crippen LogP contribution in [0.3, 0.4) is 0 Å². The van der Waals surface area contributed by atoms with E-state index in [1.54, 1.807) is 0 Å². The lowest BCUT2D eigenvalue weighted by Crippen LogP contribution is -2.50. The van der Waals surface area contributed by atoms with Crippen LogP contribution >= 0.6 is 11.8 Å². The average Bonchev–Trinajstić information content (AvgIpc) is 2.56. The van der Waals surface area contributed by atoms with Crippen LogP contribution in [0.5, 0.6) is 5.75 Å². The van der Waals surface area contributed by atoms with Gasteiger partial charge in [-0.25, -0.2) is 8.78 Å². The van der Waals surface area contributed by atoms with Gasteiger partial charge in [0.25, 0.3) is 0 Å². The number of benzene rings is 1. The maximum absolute atomic E-state index is 13.9. The second kappa shape index (κ2) is 7.02. The lowest BCUT2D eigenvalue weighted by Gasteiger charge is -2.34. The Morgan fingerprint density at radius 2 is 1.88 bits per heavy atom. The fourth-order valence-electron chi connectivity index (χ4n) is 2.37. The molecule has 0 saturated carbocycles. The van der Waals surface area contributed by atoms with Crippen molar-refractivity contribution in [3.05, 3.63) is 48.3 Å². The summed E-state index contributed by atoms with van der Waals surface area (Å²) < 4.78 is 32.5. The van der Waals surface area contributed by atoms with Crippen molar-refractivity contribution in [3.8, 4) is 16.9 Å². The van der Waals surface area contributed by atoms with E-state index in [0.29, 0.717) is 5.56 Å². The van der Waals surface area contributed by atoms with Crippen LogP contribution in [0.25, 0.3) is 11.1 Å². The van der Waals surface area contributed by atoms with Crippen LogP contribution < -0.4 is 4.74 Å². The van der Waals surface area contributed by atoms with E-state index in [1.807, 2.05) is 0 Å². The van der Waals surface area contributed by atoms with E-state index in [-0.39, 0.29) is 17.1 Å². The molecule has 24 heavy (non-hydrogen) atoms. The number of aromatic nitrogens is 1. The first-order chi connectivity index (χ1) is 11.5. The number of aliphatic hydroxyl groups is 3. The average molecular weight is 355 g/mol. The van der Waals surface area contributed by atoms with E-state index in [0.717, 1.165) is 23.9 Å². The summed E-state index contributed by atoms with van der Waals surface area (Å²) in [6.45, 7) is 0. The fraction of sp³-hybridized carbons (Fsp3) is 0.312. The predicted octanol–water partition coefficient (Wildman–Crippen LogP) is 1.56. The van der Waals surface area contributed by atoms with Gasteiger partial charge in [-0.2, -0.15) is 0 Å². The van der Waals surface area contributed by atoms with Crippen molar-refractivity contribution in [2.45, 2.75) is 23.7 Å². The number of rotatable bonds is 3. The zero-order valence-electron chi connectivity index (χ0n) is 12.3. The SMILES string of the molecule is O[C@@H]1[C@@H](O)[C@@H](Oc2cncc(-c3ccc(F)cc3F)c2)SC[C@H]1O.